The van der Waals surface area contributed by atoms with Gasteiger partial charge in [-0.05, 0) is 35.4 Å². The number of amides is 2. The minimum Gasteiger partial charge on any atom is -0.497 e. The molecule has 2 aromatic rings. The maximum atomic E-state index is 12.7. The van der Waals surface area contributed by atoms with Crippen molar-refractivity contribution in [2.45, 2.75) is 6.54 Å². The van der Waals surface area contributed by atoms with Crippen molar-refractivity contribution in [2.24, 2.45) is 0 Å². The number of nitrogens with zero attached hydrogens (tertiary/aromatic N) is 1. The Balaban J connectivity index is 1.87. The van der Waals surface area contributed by atoms with E-state index in [4.69, 9.17) is 27.9 Å². The van der Waals surface area contributed by atoms with Crippen LogP contribution in [0.3, 0.4) is 0 Å². The zero-order valence-corrected chi connectivity index (χ0v) is 14.3. The van der Waals surface area contributed by atoms with Crippen molar-refractivity contribution in [1.29, 1.82) is 0 Å². The molecule has 0 radical (unpaired) electrons. The van der Waals surface area contributed by atoms with E-state index in [2.05, 4.69) is 0 Å². The summed E-state index contributed by atoms with van der Waals surface area (Å²) in [6, 6.07) is 13.8. The zero-order chi connectivity index (χ0) is 17.3. The van der Waals surface area contributed by atoms with Gasteiger partial charge in [-0.3, -0.25) is 14.5 Å². The average Bonchev–Trinajstić information content (AvgIpc) is 2.80. The molecule has 0 aliphatic carbocycles. The second kappa shape index (κ2) is 6.67. The second-order valence-electron chi connectivity index (χ2n) is 5.24. The van der Waals surface area contributed by atoms with E-state index in [-0.39, 0.29) is 17.2 Å². The van der Waals surface area contributed by atoms with Gasteiger partial charge in [-0.1, -0.05) is 47.5 Å². The molecular formula is C18H13Cl2NO3. The van der Waals surface area contributed by atoms with Gasteiger partial charge in [0.25, 0.3) is 11.8 Å². The van der Waals surface area contributed by atoms with E-state index in [1.807, 2.05) is 0 Å². The molecule has 0 saturated carbocycles. The lowest BCUT2D eigenvalue weighted by molar-refractivity contribution is -0.137. The normalized spacial score (nSPS) is 14.5. The van der Waals surface area contributed by atoms with E-state index < -0.39 is 11.8 Å². The van der Waals surface area contributed by atoms with Crippen molar-refractivity contribution in [3.63, 3.8) is 0 Å². The van der Waals surface area contributed by atoms with Crippen LogP contribution in [0.1, 0.15) is 11.1 Å². The van der Waals surface area contributed by atoms with Crippen LogP contribution in [0.4, 0.5) is 0 Å². The molecular weight excluding hydrogens is 349 g/mol. The second-order valence-corrected chi connectivity index (χ2v) is 6.05. The van der Waals surface area contributed by atoms with Crippen molar-refractivity contribution in [3.05, 3.63) is 69.7 Å². The fraction of sp³-hybridized carbons (Fsp3) is 0.111. The highest BCUT2D eigenvalue weighted by molar-refractivity contribution is 6.55. The van der Waals surface area contributed by atoms with Crippen LogP contribution >= 0.6 is 23.2 Å². The Morgan fingerprint density at radius 2 is 1.54 bits per heavy atom. The molecule has 24 heavy (non-hydrogen) atoms. The first kappa shape index (κ1) is 16.6. The minimum absolute atomic E-state index is 0.0702. The smallest absolute Gasteiger partial charge is 0.273 e. The summed E-state index contributed by atoms with van der Waals surface area (Å²) in [5.74, 6) is -0.252. The molecule has 0 fully saturated rings. The van der Waals surface area contributed by atoms with Gasteiger partial charge in [-0.15, -0.1) is 0 Å². The Labute approximate surface area is 149 Å². The molecule has 4 nitrogen and oxygen atoms in total. The maximum absolute atomic E-state index is 12.7. The van der Waals surface area contributed by atoms with Crippen molar-refractivity contribution in [2.75, 3.05) is 7.11 Å². The first-order valence-electron chi connectivity index (χ1n) is 7.16. The summed E-state index contributed by atoms with van der Waals surface area (Å²) in [6.45, 7) is 0.144. The van der Waals surface area contributed by atoms with Crippen LogP contribution in [-0.4, -0.2) is 23.8 Å². The maximum Gasteiger partial charge on any atom is 0.273 e. The molecule has 0 aromatic heterocycles. The Hall–Kier alpha value is -2.30. The molecule has 6 heteroatoms. The average molecular weight is 362 g/mol. The number of halogens is 2. The van der Waals surface area contributed by atoms with Gasteiger partial charge in [0.15, 0.2) is 0 Å². The van der Waals surface area contributed by atoms with E-state index >= 15 is 0 Å². The van der Waals surface area contributed by atoms with Crippen molar-refractivity contribution in [1.82, 2.24) is 4.90 Å². The third kappa shape index (κ3) is 3.03. The van der Waals surface area contributed by atoms with Gasteiger partial charge < -0.3 is 4.74 Å². The van der Waals surface area contributed by atoms with Crippen LogP contribution in [0.2, 0.25) is 5.02 Å². The van der Waals surface area contributed by atoms with Crippen LogP contribution in [-0.2, 0) is 16.1 Å². The number of methoxy groups -OCH3 is 1. The van der Waals surface area contributed by atoms with Crippen molar-refractivity contribution < 1.29 is 14.3 Å². The van der Waals surface area contributed by atoms with E-state index in [0.717, 1.165) is 10.5 Å². The summed E-state index contributed by atoms with van der Waals surface area (Å²) in [6.07, 6.45) is 0. The van der Waals surface area contributed by atoms with Gasteiger partial charge in [0.05, 0.1) is 19.2 Å². The summed E-state index contributed by atoms with van der Waals surface area (Å²) < 4.78 is 5.09. The third-order valence-electron chi connectivity index (χ3n) is 3.74. The monoisotopic (exact) mass is 361 g/mol. The number of imide groups is 1. The fourth-order valence-corrected chi connectivity index (χ4v) is 2.89. The van der Waals surface area contributed by atoms with E-state index in [1.165, 1.54) is 0 Å². The predicted octanol–water partition coefficient (Wildman–Crippen LogP) is 3.87. The standard InChI is InChI=1S/C18H13Cl2NO3/c1-24-14-8-4-12(5-9-14)15-16(20)18(23)21(17(15)22)10-11-2-6-13(19)7-3-11/h2-9H,10H2,1H3. The molecule has 0 saturated heterocycles. The molecule has 0 spiro atoms. The fourth-order valence-electron chi connectivity index (χ4n) is 2.47. The summed E-state index contributed by atoms with van der Waals surface area (Å²) in [5.41, 5.74) is 1.58. The molecule has 0 bridgehead atoms. The van der Waals surface area contributed by atoms with E-state index in [9.17, 15) is 9.59 Å². The number of carbonyl (C=O) groups is 2. The van der Waals surface area contributed by atoms with Gasteiger partial charge in [-0.25, -0.2) is 0 Å². The Morgan fingerprint density at radius 1 is 0.917 bits per heavy atom. The lowest BCUT2D eigenvalue weighted by Crippen LogP contribution is -2.30. The SMILES string of the molecule is COc1ccc(C2=C(Cl)C(=O)N(Cc3ccc(Cl)cc3)C2=O)cc1. The predicted molar refractivity (Wildman–Crippen MR) is 92.8 cm³/mol. The quantitative estimate of drug-likeness (QED) is 0.776. The first-order valence-corrected chi connectivity index (χ1v) is 7.91. The molecule has 122 valence electrons. The summed E-state index contributed by atoms with van der Waals surface area (Å²) in [4.78, 5) is 26.1. The number of hydrogen-bond donors (Lipinski definition) is 0. The number of rotatable bonds is 4. The Morgan fingerprint density at radius 3 is 2.12 bits per heavy atom. The number of carbonyl (C=O) groups excluding carboxylic acids is 2. The highest BCUT2D eigenvalue weighted by Gasteiger charge is 2.38. The van der Waals surface area contributed by atoms with Crippen molar-refractivity contribution in [3.8, 4) is 5.75 Å². The lowest BCUT2D eigenvalue weighted by Gasteiger charge is -2.15. The van der Waals surface area contributed by atoms with Gasteiger partial charge >= 0.3 is 0 Å². The van der Waals surface area contributed by atoms with Gasteiger partial charge in [0.2, 0.25) is 0 Å². The Kier molecular flexibility index (Phi) is 4.60. The van der Waals surface area contributed by atoms with Crippen LogP contribution in [0.5, 0.6) is 5.75 Å². The summed E-state index contributed by atoms with van der Waals surface area (Å²) >= 11 is 12.0. The number of hydrogen-bond acceptors (Lipinski definition) is 3. The molecule has 2 amide bonds. The zero-order valence-electron chi connectivity index (χ0n) is 12.8. The highest BCUT2D eigenvalue weighted by atomic mass is 35.5. The van der Waals surface area contributed by atoms with Crippen LogP contribution < -0.4 is 4.74 Å². The van der Waals surface area contributed by atoms with Gasteiger partial charge in [0, 0.05) is 5.02 Å². The highest BCUT2D eigenvalue weighted by Crippen LogP contribution is 2.33. The molecule has 3 rings (SSSR count). The third-order valence-corrected chi connectivity index (χ3v) is 4.35. The molecule has 1 aliphatic rings. The first-order chi connectivity index (χ1) is 11.5. The van der Waals surface area contributed by atoms with Gasteiger partial charge in [0.1, 0.15) is 10.8 Å². The summed E-state index contributed by atoms with van der Waals surface area (Å²) in [7, 11) is 1.55. The topological polar surface area (TPSA) is 46.6 Å². The Bertz CT molecular complexity index is 826. The molecule has 2 aromatic carbocycles. The largest absolute Gasteiger partial charge is 0.497 e. The van der Waals surface area contributed by atoms with Gasteiger partial charge in [-0.2, -0.15) is 0 Å². The molecule has 1 heterocycles. The molecule has 1 aliphatic heterocycles. The minimum atomic E-state index is -0.498. The van der Waals surface area contributed by atoms with E-state index in [1.54, 1.807) is 55.6 Å². The van der Waals surface area contributed by atoms with Crippen LogP contribution in [0.15, 0.2) is 53.6 Å². The van der Waals surface area contributed by atoms with Crippen LogP contribution in [0, 0.1) is 0 Å². The summed E-state index contributed by atoms with van der Waals surface area (Å²) in [5, 5.41) is 0.520. The number of benzene rings is 2. The lowest BCUT2D eigenvalue weighted by atomic mass is 10.1. The van der Waals surface area contributed by atoms with E-state index in [0.29, 0.717) is 16.3 Å². The molecule has 0 unspecified atom stereocenters. The molecule has 0 atom stereocenters. The van der Waals surface area contributed by atoms with Crippen molar-refractivity contribution >= 4 is 40.6 Å². The van der Waals surface area contributed by atoms with Crippen LogP contribution in [0.25, 0.3) is 5.57 Å². The number of ether oxygens (including phenoxy) is 1. The molecule has 0 N–H and O–H groups in total.